The second-order valence-corrected chi connectivity index (χ2v) is 7.87. The number of nitrogens with one attached hydrogen (secondary N) is 1. The van der Waals surface area contributed by atoms with E-state index < -0.39 is 9.05 Å². The molecule has 0 aliphatic carbocycles. The molecule has 20 heavy (non-hydrogen) atoms. The number of carbonyl (C=O) groups is 1. The highest BCUT2D eigenvalue weighted by Gasteiger charge is 2.22. The number of halogens is 1. The predicted molar refractivity (Wildman–Crippen MR) is 77.7 cm³/mol. The summed E-state index contributed by atoms with van der Waals surface area (Å²) in [6.45, 7) is 5.62. The van der Waals surface area contributed by atoms with Gasteiger partial charge in [0, 0.05) is 23.3 Å². The number of hydrogen-bond donors (Lipinski definition) is 1. The Labute approximate surface area is 123 Å². The average molecular weight is 320 g/mol. The first-order valence-corrected chi connectivity index (χ1v) is 8.29. The van der Waals surface area contributed by atoms with Crippen LogP contribution in [-0.2, 0) is 19.3 Å². The van der Waals surface area contributed by atoms with Gasteiger partial charge in [0.2, 0.25) is 0 Å². The van der Waals surface area contributed by atoms with Gasteiger partial charge in [-0.15, -0.1) is 0 Å². The number of likely N-dealkylation sites (N-methyl/N-ethyl adjacent to an activating group) is 1. The number of benzene rings is 1. The molecule has 0 heterocycles. The Morgan fingerprint density at radius 2 is 1.95 bits per heavy atom. The summed E-state index contributed by atoms with van der Waals surface area (Å²) in [5.74, 6) is 0.198. The largest absolute Gasteiger partial charge is 0.483 e. The third-order valence-electron chi connectivity index (χ3n) is 2.68. The van der Waals surface area contributed by atoms with Gasteiger partial charge < -0.3 is 10.1 Å². The number of carbonyl (C=O) groups excluding carboxylic acids is 1. The van der Waals surface area contributed by atoms with Gasteiger partial charge in [0.05, 0.1) is 4.90 Å². The number of hydrogen-bond acceptors (Lipinski definition) is 4. The average Bonchev–Trinajstić information content (AvgIpc) is 2.33. The molecule has 0 unspecified atom stereocenters. The van der Waals surface area contributed by atoms with Crippen molar-refractivity contribution in [2.75, 3.05) is 13.7 Å². The monoisotopic (exact) mass is 319 g/mol. The van der Waals surface area contributed by atoms with E-state index in [4.69, 9.17) is 15.4 Å². The van der Waals surface area contributed by atoms with E-state index >= 15 is 0 Å². The molecule has 1 rings (SSSR count). The number of amides is 1. The minimum atomic E-state index is -3.80. The van der Waals surface area contributed by atoms with E-state index in [1.165, 1.54) is 25.2 Å². The SMILES string of the molecule is CNC(=O)COc1ccc(S(=O)(=O)Cl)cc1C(C)(C)C. The van der Waals surface area contributed by atoms with Gasteiger partial charge in [0.25, 0.3) is 15.0 Å². The lowest BCUT2D eigenvalue weighted by Crippen LogP contribution is -2.25. The molecule has 7 heteroatoms. The van der Waals surface area contributed by atoms with Crippen molar-refractivity contribution >= 4 is 25.6 Å². The second-order valence-electron chi connectivity index (χ2n) is 5.31. The first-order valence-electron chi connectivity index (χ1n) is 5.98. The summed E-state index contributed by atoms with van der Waals surface area (Å²) in [7, 11) is 3.06. The molecule has 0 spiro atoms. The fourth-order valence-corrected chi connectivity index (χ4v) is 2.37. The summed E-state index contributed by atoms with van der Waals surface area (Å²) < 4.78 is 28.2. The highest BCUT2D eigenvalue weighted by molar-refractivity contribution is 8.13. The highest BCUT2D eigenvalue weighted by atomic mass is 35.7. The molecule has 1 amide bonds. The van der Waals surface area contributed by atoms with Gasteiger partial charge in [0.1, 0.15) is 5.75 Å². The van der Waals surface area contributed by atoms with Gasteiger partial charge in [-0.25, -0.2) is 8.42 Å². The summed E-state index contributed by atoms with van der Waals surface area (Å²) in [5, 5.41) is 2.45. The summed E-state index contributed by atoms with van der Waals surface area (Å²) in [6, 6.07) is 4.34. The topological polar surface area (TPSA) is 72.5 Å². The van der Waals surface area contributed by atoms with Crippen LogP contribution in [0, 0.1) is 0 Å². The standard InChI is InChI=1S/C13H18ClNO4S/c1-13(2,3)10-7-9(20(14,17)18)5-6-11(10)19-8-12(16)15-4/h5-7H,8H2,1-4H3,(H,15,16). The first kappa shape index (κ1) is 16.8. The molecule has 1 aromatic carbocycles. The van der Waals surface area contributed by atoms with Crippen LogP contribution < -0.4 is 10.1 Å². The van der Waals surface area contributed by atoms with Gasteiger partial charge in [-0.2, -0.15) is 0 Å². The highest BCUT2D eigenvalue weighted by Crippen LogP contribution is 2.34. The Morgan fingerprint density at radius 1 is 1.35 bits per heavy atom. The molecule has 5 nitrogen and oxygen atoms in total. The Hall–Kier alpha value is -1.27. The van der Waals surface area contributed by atoms with Crippen molar-refractivity contribution in [2.24, 2.45) is 0 Å². The summed E-state index contributed by atoms with van der Waals surface area (Å²) in [4.78, 5) is 11.2. The maximum atomic E-state index is 11.4. The molecular formula is C13H18ClNO4S. The second kappa shape index (κ2) is 6.01. The Balaban J connectivity index is 3.22. The fraction of sp³-hybridized carbons (Fsp3) is 0.462. The Bertz CT molecular complexity index is 605. The van der Waals surface area contributed by atoms with Crippen LogP contribution in [0.15, 0.2) is 23.1 Å². The van der Waals surface area contributed by atoms with Crippen LogP contribution >= 0.6 is 10.7 Å². The summed E-state index contributed by atoms with van der Waals surface area (Å²) >= 11 is 0. The van der Waals surface area contributed by atoms with Crippen LogP contribution in [-0.4, -0.2) is 28.0 Å². The molecule has 0 atom stereocenters. The van der Waals surface area contributed by atoms with Crippen molar-refractivity contribution in [2.45, 2.75) is 31.1 Å². The molecule has 1 N–H and O–H groups in total. The van der Waals surface area contributed by atoms with E-state index in [0.29, 0.717) is 11.3 Å². The maximum Gasteiger partial charge on any atom is 0.261 e. The molecule has 0 bridgehead atoms. The lowest BCUT2D eigenvalue weighted by Gasteiger charge is -2.23. The molecule has 0 aliphatic heterocycles. The quantitative estimate of drug-likeness (QED) is 0.862. The molecule has 0 saturated heterocycles. The van der Waals surface area contributed by atoms with E-state index in [1.807, 2.05) is 20.8 Å². The third-order valence-corrected chi connectivity index (χ3v) is 4.03. The minimum absolute atomic E-state index is 0.0105. The Morgan fingerprint density at radius 3 is 2.40 bits per heavy atom. The molecule has 112 valence electrons. The van der Waals surface area contributed by atoms with Gasteiger partial charge in [-0.05, 0) is 23.6 Å². The Kier molecular flexibility index (Phi) is 5.05. The normalized spacial score (nSPS) is 12.1. The molecule has 0 aromatic heterocycles. The van der Waals surface area contributed by atoms with Gasteiger partial charge in [-0.3, -0.25) is 4.79 Å². The molecular weight excluding hydrogens is 302 g/mol. The smallest absolute Gasteiger partial charge is 0.261 e. The number of ether oxygens (including phenoxy) is 1. The van der Waals surface area contributed by atoms with E-state index in [-0.39, 0.29) is 22.8 Å². The molecule has 0 fully saturated rings. The van der Waals surface area contributed by atoms with E-state index in [0.717, 1.165) is 0 Å². The number of rotatable bonds is 4. The maximum absolute atomic E-state index is 11.4. The van der Waals surface area contributed by atoms with Crippen molar-refractivity contribution in [1.29, 1.82) is 0 Å². The third kappa shape index (κ3) is 4.38. The summed E-state index contributed by atoms with van der Waals surface area (Å²) in [6.07, 6.45) is 0. The molecule has 1 aromatic rings. The van der Waals surface area contributed by atoms with Crippen molar-refractivity contribution in [3.63, 3.8) is 0 Å². The van der Waals surface area contributed by atoms with Gasteiger partial charge in [0.15, 0.2) is 6.61 Å². The first-order chi connectivity index (χ1) is 9.05. The zero-order valence-electron chi connectivity index (χ0n) is 11.9. The predicted octanol–water partition coefficient (Wildman–Crippen LogP) is 2.04. The van der Waals surface area contributed by atoms with Crippen LogP contribution in [0.5, 0.6) is 5.75 Å². The fourth-order valence-electron chi connectivity index (χ4n) is 1.59. The summed E-state index contributed by atoms with van der Waals surface area (Å²) in [5.41, 5.74) is 0.318. The van der Waals surface area contributed by atoms with Crippen LogP contribution in [0.3, 0.4) is 0 Å². The van der Waals surface area contributed by atoms with Crippen LogP contribution in [0.1, 0.15) is 26.3 Å². The van der Waals surface area contributed by atoms with Crippen molar-refractivity contribution in [1.82, 2.24) is 5.32 Å². The lowest BCUT2D eigenvalue weighted by molar-refractivity contribution is -0.122. The van der Waals surface area contributed by atoms with Gasteiger partial charge in [-0.1, -0.05) is 20.8 Å². The van der Waals surface area contributed by atoms with Crippen LogP contribution in [0.2, 0.25) is 0 Å². The molecule has 0 saturated carbocycles. The van der Waals surface area contributed by atoms with Crippen molar-refractivity contribution in [3.8, 4) is 5.75 Å². The minimum Gasteiger partial charge on any atom is -0.483 e. The van der Waals surface area contributed by atoms with Crippen LogP contribution in [0.4, 0.5) is 0 Å². The van der Waals surface area contributed by atoms with Crippen molar-refractivity contribution < 1.29 is 17.9 Å². The van der Waals surface area contributed by atoms with Crippen molar-refractivity contribution in [3.05, 3.63) is 23.8 Å². The van der Waals surface area contributed by atoms with E-state index in [1.54, 1.807) is 0 Å². The zero-order chi connectivity index (χ0) is 15.6. The van der Waals surface area contributed by atoms with Gasteiger partial charge >= 0.3 is 0 Å². The van der Waals surface area contributed by atoms with E-state index in [2.05, 4.69) is 5.32 Å². The van der Waals surface area contributed by atoms with Crippen LogP contribution in [0.25, 0.3) is 0 Å². The van der Waals surface area contributed by atoms with E-state index in [9.17, 15) is 13.2 Å². The molecule has 0 radical (unpaired) electrons. The molecule has 0 aliphatic rings. The lowest BCUT2D eigenvalue weighted by atomic mass is 9.86. The zero-order valence-corrected chi connectivity index (χ0v) is 13.4.